The fourth-order valence-electron chi connectivity index (χ4n) is 4.85. The topological polar surface area (TPSA) is 69.7 Å². The van der Waals surface area contributed by atoms with Crippen molar-refractivity contribution in [2.75, 3.05) is 38.6 Å². The third-order valence-electron chi connectivity index (χ3n) is 6.69. The van der Waals surface area contributed by atoms with Gasteiger partial charge >= 0.3 is 0 Å². The molecule has 0 saturated carbocycles. The third kappa shape index (κ3) is 4.22. The minimum absolute atomic E-state index is 0.0456. The number of aromatic nitrogens is 1. The number of rotatable bonds is 5. The number of hydrogen-bond donors (Lipinski definition) is 3. The molecule has 167 valence electrons. The van der Waals surface area contributed by atoms with E-state index in [9.17, 15) is 5.11 Å². The Hall–Kier alpha value is -2.54. The van der Waals surface area contributed by atoms with Gasteiger partial charge in [0.2, 0.25) is 0 Å². The van der Waals surface area contributed by atoms with Gasteiger partial charge in [-0.3, -0.25) is 9.88 Å². The molecule has 0 aliphatic carbocycles. The summed E-state index contributed by atoms with van der Waals surface area (Å²) in [4.78, 5) is 7.13. The number of aromatic hydroxyl groups is 1. The van der Waals surface area contributed by atoms with Crippen molar-refractivity contribution in [2.24, 2.45) is 0 Å². The van der Waals surface area contributed by atoms with Gasteiger partial charge < -0.3 is 20.5 Å². The molecule has 1 radical (unpaired) electrons. The Labute approximate surface area is 193 Å². The van der Waals surface area contributed by atoms with E-state index in [1.807, 2.05) is 12.1 Å². The number of methoxy groups -OCH3 is 1. The van der Waals surface area contributed by atoms with Crippen LogP contribution in [0, 0.1) is 6.07 Å². The van der Waals surface area contributed by atoms with Crippen molar-refractivity contribution in [3.8, 4) is 22.6 Å². The Morgan fingerprint density at radius 1 is 1.19 bits per heavy atom. The third-order valence-corrected chi connectivity index (χ3v) is 6.98. The van der Waals surface area contributed by atoms with E-state index in [0.29, 0.717) is 17.8 Å². The molecule has 3 N–H and O–H groups in total. The van der Waals surface area contributed by atoms with Gasteiger partial charge in [-0.05, 0) is 61.2 Å². The summed E-state index contributed by atoms with van der Waals surface area (Å²) in [5, 5.41) is 18.6. The molecule has 1 atom stereocenters. The lowest BCUT2D eigenvalue weighted by atomic mass is 10.00. The van der Waals surface area contributed by atoms with Gasteiger partial charge in [0.15, 0.2) is 11.5 Å². The summed E-state index contributed by atoms with van der Waals surface area (Å²) >= 11 is 6.22. The average Bonchev–Trinajstić information content (AvgIpc) is 3.36. The zero-order chi connectivity index (χ0) is 22.1. The number of halogens is 1. The molecule has 3 aromatic rings. The average molecular weight is 452 g/mol. The van der Waals surface area contributed by atoms with Crippen LogP contribution in [0.3, 0.4) is 0 Å². The summed E-state index contributed by atoms with van der Waals surface area (Å²) in [6.07, 6.45) is 5.25. The maximum atomic E-state index is 10.1. The van der Waals surface area contributed by atoms with Crippen LogP contribution in [0.2, 0.25) is 5.02 Å². The second-order valence-corrected chi connectivity index (χ2v) is 9.03. The van der Waals surface area contributed by atoms with Gasteiger partial charge in [-0.15, -0.1) is 0 Å². The second kappa shape index (κ2) is 9.14. The molecule has 0 bridgehead atoms. The molecule has 2 aromatic carbocycles. The van der Waals surface area contributed by atoms with Gasteiger partial charge in [-0.1, -0.05) is 17.7 Å². The van der Waals surface area contributed by atoms with Gasteiger partial charge in [0, 0.05) is 49.4 Å². The van der Waals surface area contributed by atoms with Crippen LogP contribution >= 0.6 is 11.6 Å². The van der Waals surface area contributed by atoms with Crippen molar-refractivity contribution in [3.63, 3.8) is 0 Å². The van der Waals surface area contributed by atoms with E-state index >= 15 is 0 Å². The summed E-state index contributed by atoms with van der Waals surface area (Å²) < 4.78 is 5.27. The lowest BCUT2D eigenvalue weighted by Gasteiger charge is -2.36. The SMILES string of the molecule is COc1cc(-c2ccc3nc[c]c(NC4CCN(C5CCNC5)CC4)c3c2)cc(Cl)c1O. The van der Waals surface area contributed by atoms with E-state index in [-0.39, 0.29) is 10.8 Å². The first kappa shape index (κ1) is 21.3. The molecule has 2 aliphatic rings. The van der Waals surface area contributed by atoms with Crippen LogP contribution in [-0.4, -0.2) is 60.4 Å². The Bertz CT molecular complexity index is 1110. The summed E-state index contributed by atoms with van der Waals surface area (Å²) in [7, 11) is 1.52. The molecule has 3 heterocycles. The van der Waals surface area contributed by atoms with Crippen molar-refractivity contribution in [1.29, 1.82) is 0 Å². The van der Waals surface area contributed by atoms with Crippen molar-refractivity contribution in [1.82, 2.24) is 15.2 Å². The molecule has 2 aliphatic heterocycles. The standard InChI is InChI=1S/C25H28ClN4O2/c1-32-24-14-17(13-21(26)25(24)31)16-2-3-22-20(12-16)23(5-9-28-22)29-18-6-10-30(11-7-18)19-4-8-27-15-19/h2-3,9,12-14,18-19,27,31H,4,6-8,10-11,15H2,1H3,(H,28,29). The highest BCUT2D eigenvalue weighted by Gasteiger charge is 2.27. The predicted molar refractivity (Wildman–Crippen MR) is 129 cm³/mol. The molecule has 2 saturated heterocycles. The molecular weight excluding hydrogens is 424 g/mol. The zero-order valence-corrected chi connectivity index (χ0v) is 19.0. The monoisotopic (exact) mass is 451 g/mol. The van der Waals surface area contributed by atoms with Gasteiger partial charge in [0.1, 0.15) is 0 Å². The number of hydrogen-bond acceptors (Lipinski definition) is 6. The molecule has 0 spiro atoms. The quantitative estimate of drug-likeness (QED) is 0.537. The number of anilines is 1. The van der Waals surface area contributed by atoms with Crippen LogP contribution in [-0.2, 0) is 0 Å². The van der Waals surface area contributed by atoms with Crippen molar-refractivity contribution >= 4 is 28.2 Å². The highest BCUT2D eigenvalue weighted by Crippen LogP contribution is 2.39. The maximum Gasteiger partial charge on any atom is 0.176 e. The van der Waals surface area contributed by atoms with E-state index in [4.69, 9.17) is 16.3 Å². The molecule has 5 rings (SSSR count). The van der Waals surface area contributed by atoms with E-state index in [0.717, 1.165) is 66.7 Å². The van der Waals surface area contributed by atoms with Crippen molar-refractivity contribution in [3.05, 3.63) is 47.6 Å². The molecule has 1 unspecified atom stereocenters. The van der Waals surface area contributed by atoms with E-state index in [1.165, 1.54) is 13.5 Å². The first-order valence-corrected chi connectivity index (χ1v) is 11.6. The number of nitrogens with zero attached hydrogens (tertiary/aromatic N) is 2. The number of likely N-dealkylation sites (tertiary alicyclic amines) is 1. The van der Waals surface area contributed by atoms with Crippen molar-refractivity contribution in [2.45, 2.75) is 31.3 Å². The van der Waals surface area contributed by atoms with Crippen LogP contribution in [0.25, 0.3) is 22.0 Å². The fourth-order valence-corrected chi connectivity index (χ4v) is 5.06. The number of fused-ring (bicyclic) bond motifs is 1. The Morgan fingerprint density at radius 3 is 2.78 bits per heavy atom. The summed E-state index contributed by atoms with van der Waals surface area (Å²) in [5.41, 5.74) is 3.75. The largest absolute Gasteiger partial charge is 0.503 e. The number of benzene rings is 2. The molecule has 2 fully saturated rings. The molecule has 1 aromatic heterocycles. The summed E-state index contributed by atoms with van der Waals surface area (Å²) in [6.45, 7) is 4.52. The number of piperidine rings is 1. The van der Waals surface area contributed by atoms with Crippen LogP contribution in [0.1, 0.15) is 19.3 Å². The van der Waals surface area contributed by atoms with Crippen LogP contribution in [0.15, 0.2) is 36.5 Å². The zero-order valence-electron chi connectivity index (χ0n) is 18.2. The second-order valence-electron chi connectivity index (χ2n) is 8.62. The molecule has 32 heavy (non-hydrogen) atoms. The Balaban J connectivity index is 1.38. The van der Waals surface area contributed by atoms with Gasteiger partial charge in [-0.25, -0.2) is 0 Å². The number of phenols is 1. The normalized spacial score (nSPS) is 20.0. The molecule has 6 nitrogen and oxygen atoms in total. The number of pyridine rings is 1. The smallest absolute Gasteiger partial charge is 0.176 e. The first-order valence-electron chi connectivity index (χ1n) is 11.2. The number of phenolic OH excluding ortho intramolecular Hbond substituents is 1. The summed E-state index contributed by atoms with van der Waals surface area (Å²) in [6, 6.07) is 14.1. The summed E-state index contributed by atoms with van der Waals surface area (Å²) in [5.74, 6) is 0.309. The van der Waals surface area contributed by atoms with Crippen LogP contribution in [0.5, 0.6) is 11.5 Å². The Morgan fingerprint density at radius 2 is 2.03 bits per heavy atom. The molecular formula is C25H28ClN4O2. The number of nitrogens with one attached hydrogen (secondary N) is 2. The van der Waals surface area contributed by atoms with Gasteiger partial charge in [0.05, 0.1) is 23.3 Å². The van der Waals surface area contributed by atoms with Gasteiger partial charge in [-0.2, -0.15) is 0 Å². The molecule has 7 heteroatoms. The van der Waals surface area contributed by atoms with Crippen LogP contribution in [0.4, 0.5) is 5.69 Å². The van der Waals surface area contributed by atoms with E-state index in [1.54, 1.807) is 18.3 Å². The highest BCUT2D eigenvalue weighted by atomic mass is 35.5. The molecule has 0 amide bonds. The lowest BCUT2D eigenvalue weighted by Crippen LogP contribution is -2.45. The van der Waals surface area contributed by atoms with Gasteiger partial charge in [0.25, 0.3) is 0 Å². The van der Waals surface area contributed by atoms with Crippen LogP contribution < -0.4 is 15.4 Å². The lowest BCUT2D eigenvalue weighted by molar-refractivity contribution is 0.166. The van der Waals surface area contributed by atoms with Crippen molar-refractivity contribution < 1.29 is 9.84 Å². The highest BCUT2D eigenvalue weighted by molar-refractivity contribution is 6.32. The predicted octanol–water partition coefficient (Wildman–Crippen LogP) is 4.31. The minimum Gasteiger partial charge on any atom is -0.503 e. The first-order chi connectivity index (χ1) is 15.6. The Kier molecular flexibility index (Phi) is 6.09. The van der Waals surface area contributed by atoms with E-state index < -0.39 is 0 Å². The maximum absolute atomic E-state index is 10.1. The van der Waals surface area contributed by atoms with E-state index in [2.05, 4.69) is 32.7 Å². The number of ether oxygens (including phenoxy) is 1. The minimum atomic E-state index is -0.0456. The fraction of sp³-hybridized carbons (Fsp3) is 0.400.